The molecule has 0 spiro atoms. The third-order valence-electron chi connectivity index (χ3n) is 3.25. The molecule has 17 heavy (non-hydrogen) atoms. The molecule has 1 aromatic rings. The zero-order valence-electron chi connectivity index (χ0n) is 10.6. The summed E-state index contributed by atoms with van der Waals surface area (Å²) in [5, 5.41) is 0. The lowest BCUT2D eigenvalue weighted by Crippen LogP contribution is -2.22. The van der Waals surface area contributed by atoms with Crippen molar-refractivity contribution >= 4 is 0 Å². The van der Waals surface area contributed by atoms with Gasteiger partial charge in [-0.15, -0.1) is 0 Å². The van der Waals surface area contributed by atoms with Crippen LogP contribution in [0.15, 0.2) is 18.2 Å². The van der Waals surface area contributed by atoms with E-state index in [9.17, 15) is 0 Å². The van der Waals surface area contributed by atoms with Crippen LogP contribution < -0.4 is 15.2 Å². The van der Waals surface area contributed by atoms with E-state index in [1.54, 1.807) is 0 Å². The van der Waals surface area contributed by atoms with Crippen molar-refractivity contribution in [1.29, 1.82) is 0 Å². The topological polar surface area (TPSA) is 44.5 Å². The minimum atomic E-state index is 0.319. The van der Waals surface area contributed by atoms with E-state index in [4.69, 9.17) is 15.2 Å². The Morgan fingerprint density at radius 1 is 1.29 bits per heavy atom. The highest BCUT2D eigenvalue weighted by molar-refractivity contribution is 5.44. The Kier molecular flexibility index (Phi) is 3.89. The predicted octanol–water partition coefficient (Wildman–Crippen LogP) is 2.72. The molecule has 1 aliphatic heterocycles. The van der Waals surface area contributed by atoms with Gasteiger partial charge >= 0.3 is 0 Å². The molecule has 2 N–H and O–H groups in total. The highest BCUT2D eigenvalue weighted by Crippen LogP contribution is 2.33. The van der Waals surface area contributed by atoms with Gasteiger partial charge in [0.25, 0.3) is 0 Å². The van der Waals surface area contributed by atoms with E-state index in [0.717, 1.165) is 30.8 Å². The number of nitrogens with two attached hydrogens (primary N) is 1. The lowest BCUT2D eigenvalue weighted by atomic mass is 9.94. The SMILES string of the molecule is CCC(N)CC(C)Cc1ccc2c(c1)OCO2. The van der Waals surface area contributed by atoms with Crippen molar-refractivity contribution in [2.45, 2.75) is 39.2 Å². The molecule has 0 amide bonds. The monoisotopic (exact) mass is 235 g/mol. The highest BCUT2D eigenvalue weighted by atomic mass is 16.7. The number of hydrogen-bond acceptors (Lipinski definition) is 3. The Bertz CT molecular complexity index is 378. The molecule has 1 heterocycles. The Hall–Kier alpha value is -1.22. The smallest absolute Gasteiger partial charge is 0.231 e. The Morgan fingerprint density at radius 3 is 2.82 bits per heavy atom. The summed E-state index contributed by atoms with van der Waals surface area (Å²) in [7, 11) is 0. The second-order valence-corrected chi connectivity index (χ2v) is 4.90. The van der Waals surface area contributed by atoms with Gasteiger partial charge in [0.1, 0.15) is 0 Å². The van der Waals surface area contributed by atoms with Gasteiger partial charge in [0.05, 0.1) is 0 Å². The number of ether oxygens (including phenoxy) is 2. The van der Waals surface area contributed by atoms with Crippen molar-refractivity contribution in [3.63, 3.8) is 0 Å². The second-order valence-electron chi connectivity index (χ2n) is 4.90. The van der Waals surface area contributed by atoms with E-state index in [2.05, 4.69) is 26.0 Å². The van der Waals surface area contributed by atoms with Crippen LogP contribution in [-0.2, 0) is 6.42 Å². The zero-order chi connectivity index (χ0) is 12.3. The largest absolute Gasteiger partial charge is 0.454 e. The fourth-order valence-electron chi connectivity index (χ4n) is 2.24. The summed E-state index contributed by atoms with van der Waals surface area (Å²) in [6.45, 7) is 4.73. The number of rotatable bonds is 5. The zero-order valence-corrected chi connectivity index (χ0v) is 10.6. The van der Waals surface area contributed by atoms with Crippen molar-refractivity contribution in [2.75, 3.05) is 6.79 Å². The third kappa shape index (κ3) is 3.13. The lowest BCUT2D eigenvalue weighted by Gasteiger charge is -2.16. The maximum absolute atomic E-state index is 5.97. The first-order chi connectivity index (χ1) is 8.19. The number of fused-ring (bicyclic) bond motifs is 1. The minimum absolute atomic E-state index is 0.319. The molecule has 0 bridgehead atoms. The van der Waals surface area contributed by atoms with E-state index < -0.39 is 0 Å². The average Bonchev–Trinajstić information content (AvgIpc) is 2.75. The quantitative estimate of drug-likeness (QED) is 0.853. The molecule has 3 heteroatoms. The van der Waals surface area contributed by atoms with Gasteiger partial charge in [0.2, 0.25) is 6.79 Å². The summed E-state index contributed by atoms with van der Waals surface area (Å²) in [5.41, 5.74) is 7.27. The predicted molar refractivity (Wildman–Crippen MR) is 68.3 cm³/mol. The van der Waals surface area contributed by atoms with Crippen LogP contribution in [-0.4, -0.2) is 12.8 Å². The van der Waals surface area contributed by atoms with Crippen LogP contribution in [0.5, 0.6) is 11.5 Å². The van der Waals surface area contributed by atoms with Gasteiger partial charge < -0.3 is 15.2 Å². The van der Waals surface area contributed by atoms with E-state index in [0.29, 0.717) is 18.8 Å². The van der Waals surface area contributed by atoms with Crippen LogP contribution in [0.1, 0.15) is 32.3 Å². The van der Waals surface area contributed by atoms with Crippen LogP contribution in [0, 0.1) is 5.92 Å². The van der Waals surface area contributed by atoms with Crippen LogP contribution >= 0.6 is 0 Å². The van der Waals surface area contributed by atoms with Crippen LogP contribution in [0.4, 0.5) is 0 Å². The van der Waals surface area contributed by atoms with Gasteiger partial charge in [-0.05, 0) is 42.9 Å². The summed E-state index contributed by atoms with van der Waals surface area (Å²) in [6, 6.07) is 6.50. The van der Waals surface area contributed by atoms with Gasteiger partial charge in [-0.3, -0.25) is 0 Å². The number of benzene rings is 1. The second kappa shape index (κ2) is 5.41. The van der Waals surface area contributed by atoms with Crippen molar-refractivity contribution in [3.8, 4) is 11.5 Å². The Balaban J connectivity index is 1.94. The van der Waals surface area contributed by atoms with Crippen LogP contribution in [0.2, 0.25) is 0 Å². The fraction of sp³-hybridized carbons (Fsp3) is 0.571. The van der Waals surface area contributed by atoms with E-state index in [-0.39, 0.29) is 0 Å². The molecule has 0 fully saturated rings. The van der Waals surface area contributed by atoms with Crippen molar-refractivity contribution in [3.05, 3.63) is 23.8 Å². The molecule has 3 nitrogen and oxygen atoms in total. The maximum Gasteiger partial charge on any atom is 0.231 e. The first-order valence-corrected chi connectivity index (χ1v) is 6.33. The molecule has 0 saturated carbocycles. The first-order valence-electron chi connectivity index (χ1n) is 6.33. The van der Waals surface area contributed by atoms with Crippen molar-refractivity contribution in [2.24, 2.45) is 11.7 Å². The molecular formula is C14H21NO2. The first kappa shape index (κ1) is 12.2. The minimum Gasteiger partial charge on any atom is -0.454 e. The summed E-state index contributed by atoms with van der Waals surface area (Å²) >= 11 is 0. The molecule has 0 saturated heterocycles. The van der Waals surface area contributed by atoms with E-state index in [1.807, 2.05) is 6.07 Å². The van der Waals surface area contributed by atoms with Gasteiger partial charge in [-0.1, -0.05) is 19.9 Å². The summed E-state index contributed by atoms with van der Waals surface area (Å²) in [6.07, 6.45) is 3.17. The molecule has 2 rings (SSSR count). The Labute approximate surface area is 103 Å². The molecule has 94 valence electrons. The number of hydrogen-bond donors (Lipinski definition) is 1. The maximum atomic E-state index is 5.97. The summed E-state index contributed by atoms with van der Waals surface area (Å²) < 4.78 is 10.7. The third-order valence-corrected chi connectivity index (χ3v) is 3.25. The normalized spacial score (nSPS) is 16.9. The molecular weight excluding hydrogens is 214 g/mol. The van der Waals surface area contributed by atoms with Gasteiger partial charge in [-0.2, -0.15) is 0 Å². The van der Waals surface area contributed by atoms with Crippen molar-refractivity contribution in [1.82, 2.24) is 0 Å². The van der Waals surface area contributed by atoms with Gasteiger partial charge in [-0.25, -0.2) is 0 Å². The summed E-state index contributed by atoms with van der Waals surface area (Å²) in [4.78, 5) is 0. The van der Waals surface area contributed by atoms with E-state index >= 15 is 0 Å². The van der Waals surface area contributed by atoms with Gasteiger partial charge in [0, 0.05) is 6.04 Å². The molecule has 0 aliphatic carbocycles. The fourth-order valence-corrected chi connectivity index (χ4v) is 2.24. The van der Waals surface area contributed by atoms with Crippen LogP contribution in [0.3, 0.4) is 0 Å². The van der Waals surface area contributed by atoms with Gasteiger partial charge in [0.15, 0.2) is 11.5 Å². The molecule has 2 atom stereocenters. The standard InChI is InChI=1S/C14H21NO2/c1-3-12(15)7-10(2)6-11-4-5-13-14(8-11)17-9-16-13/h4-5,8,10,12H,3,6-7,9,15H2,1-2H3. The van der Waals surface area contributed by atoms with E-state index in [1.165, 1.54) is 5.56 Å². The molecule has 1 aromatic carbocycles. The highest BCUT2D eigenvalue weighted by Gasteiger charge is 2.15. The molecule has 2 unspecified atom stereocenters. The lowest BCUT2D eigenvalue weighted by molar-refractivity contribution is 0.174. The Morgan fingerprint density at radius 2 is 2.06 bits per heavy atom. The molecule has 1 aliphatic rings. The summed E-state index contributed by atoms with van der Waals surface area (Å²) in [5.74, 6) is 2.33. The molecule has 0 radical (unpaired) electrons. The van der Waals surface area contributed by atoms with Crippen molar-refractivity contribution < 1.29 is 9.47 Å². The molecule has 0 aromatic heterocycles. The van der Waals surface area contributed by atoms with Crippen LogP contribution in [0.25, 0.3) is 0 Å². The average molecular weight is 235 g/mol.